The second-order valence-electron chi connectivity index (χ2n) is 6.27. The predicted molar refractivity (Wildman–Crippen MR) is 101 cm³/mol. The lowest BCUT2D eigenvalue weighted by atomic mass is 10.2. The Morgan fingerprint density at radius 3 is 2.74 bits per heavy atom. The number of ether oxygens (including phenoxy) is 1. The standard InChI is InChI=1S/C19H22N4O4/c1-3-10-23-18(25)9-7-14(21-23)19(26)20-13-6-8-15(16(12-13)27-2)22-11-4-5-17(22)24/h6-9,12H,3-5,10-11H2,1-2H3,(H,20,26). The molecule has 8 heteroatoms. The summed E-state index contributed by atoms with van der Waals surface area (Å²) in [4.78, 5) is 37.9. The number of amides is 2. The van der Waals surface area contributed by atoms with E-state index in [0.29, 0.717) is 36.6 Å². The van der Waals surface area contributed by atoms with Gasteiger partial charge in [0.15, 0.2) is 0 Å². The van der Waals surface area contributed by atoms with E-state index in [0.717, 1.165) is 12.8 Å². The molecule has 2 amide bonds. The smallest absolute Gasteiger partial charge is 0.276 e. The first-order valence-corrected chi connectivity index (χ1v) is 8.91. The Bertz CT molecular complexity index is 922. The predicted octanol–water partition coefficient (Wildman–Crippen LogP) is 2.04. The van der Waals surface area contributed by atoms with Gasteiger partial charge in [0.2, 0.25) is 5.91 Å². The van der Waals surface area contributed by atoms with Crippen molar-refractivity contribution in [3.8, 4) is 5.75 Å². The normalized spacial score (nSPS) is 13.7. The third-order valence-electron chi connectivity index (χ3n) is 4.34. The molecule has 0 aliphatic carbocycles. The Hall–Kier alpha value is -3.16. The molecular formula is C19H22N4O4. The summed E-state index contributed by atoms with van der Waals surface area (Å²) in [7, 11) is 1.52. The van der Waals surface area contributed by atoms with Crippen molar-refractivity contribution in [2.75, 3.05) is 23.9 Å². The van der Waals surface area contributed by atoms with Gasteiger partial charge in [0.25, 0.3) is 11.5 Å². The van der Waals surface area contributed by atoms with Gasteiger partial charge in [-0.2, -0.15) is 5.10 Å². The molecule has 1 aliphatic rings. The second-order valence-corrected chi connectivity index (χ2v) is 6.27. The first-order chi connectivity index (χ1) is 13.0. The van der Waals surface area contributed by atoms with Crippen LogP contribution in [0.1, 0.15) is 36.7 Å². The number of anilines is 2. The summed E-state index contributed by atoms with van der Waals surface area (Å²) in [6.07, 6.45) is 2.09. The zero-order valence-electron chi connectivity index (χ0n) is 15.4. The average molecular weight is 370 g/mol. The van der Waals surface area contributed by atoms with Gasteiger partial charge in [-0.15, -0.1) is 0 Å². The summed E-state index contributed by atoms with van der Waals surface area (Å²) in [5.41, 5.74) is 1.12. The van der Waals surface area contributed by atoms with Gasteiger partial charge in [-0.1, -0.05) is 6.92 Å². The number of aromatic nitrogens is 2. The van der Waals surface area contributed by atoms with Crippen LogP contribution in [0.5, 0.6) is 5.75 Å². The molecule has 1 saturated heterocycles. The van der Waals surface area contributed by atoms with Gasteiger partial charge in [0.05, 0.1) is 12.8 Å². The fourth-order valence-electron chi connectivity index (χ4n) is 3.02. The Morgan fingerprint density at radius 2 is 2.07 bits per heavy atom. The molecule has 0 atom stereocenters. The van der Waals surface area contributed by atoms with Crippen LogP contribution >= 0.6 is 0 Å². The average Bonchev–Trinajstić information content (AvgIpc) is 3.09. The molecule has 8 nitrogen and oxygen atoms in total. The SMILES string of the molecule is CCCn1nc(C(=O)Nc2ccc(N3CCCC3=O)c(OC)c2)ccc1=O. The number of rotatable bonds is 6. The summed E-state index contributed by atoms with van der Waals surface area (Å²) < 4.78 is 6.67. The van der Waals surface area contributed by atoms with E-state index in [1.807, 2.05) is 6.92 Å². The van der Waals surface area contributed by atoms with E-state index in [-0.39, 0.29) is 17.2 Å². The van der Waals surface area contributed by atoms with Crippen LogP contribution in [0.15, 0.2) is 35.1 Å². The van der Waals surface area contributed by atoms with Crippen molar-refractivity contribution in [1.82, 2.24) is 9.78 Å². The number of benzene rings is 1. The molecule has 0 radical (unpaired) electrons. The largest absolute Gasteiger partial charge is 0.494 e. The van der Waals surface area contributed by atoms with Gasteiger partial charge in [0, 0.05) is 37.3 Å². The number of methoxy groups -OCH3 is 1. The van der Waals surface area contributed by atoms with Gasteiger partial charge in [-0.3, -0.25) is 14.4 Å². The number of carbonyl (C=O) groups is 2. The van der Waals surface area contributed by atoms with Crippen molar-refractivity contribution >= 4 is 23.2 Å². The maximum absolute atomic E-state index is 12.5. The summed E-state index contributed by atoms with van der Waals surface area (Å²) in [6, 6.07) is 7.87. The molecule has 0 bridgehead atoms. The highest BCUT2D eigenvalue weighted by Gasteiger charge is 2.24. The Labute approximate surface area is 156 Å². The van der Waals surface area contributed by atoms with Gasteiger partial charge >= 0.3 is 0 Å². The maximum atomic E-state index is 12.5. The van der Waals surface area contributed by atoms with Crippen molar-refractivity contribution in [1.29, 1.82) is 0 Å². The molecule has 0 saturated carbocycles. The lowest BCUT2D eigenvalue weighted by molar-refractivity contribution is -0.117. The topological polar surface area (TPSA) is 93.5 Å². The summed E-state index contributed by atoms with van der Waals surface area (Å²) in [5, 5.41) is 6.85. The Balaban J connectivity index is 1.81. The molecule has 1 aromatic heterocycles. The van der Waals surface area contributed by atoms with Crippen LogP contribution in [0.3, 0.4) is 0 Å². The molecule has 2 heterocycles. The molecule has 27 heavy (non-hydrogen) atoms. The zero-order valence-corrected chi connectivity index (χ0v) is 15.4. The number of nitrogens with one attached hydrogen (secondary N) is 1. The van der Waals surface area contributed by atoms with Crippen molar-refractivity contribution in [2.24, 2.45) is 0 Å². The highest BCUT2D eigenvalue weighted by molar-refractivity contribution is 6.03. The molecule has 142 valence electrons. The minimum atomic E-state index is -0.424. The van der Waals surface area contributed by atoms with E-state index in [1.54, 1.807) is 23.1 Å². The molecule has 2 aromatic rings. The van der Waals surface area contributed by atoms with Crippen LogP contribution < -0.4 is 20.5 Å². The van der Waals surface area contributed by atoms with Gasteiger partial charge in [0.1, 0.15) is 11.4 Å². The van der Waals surface area contributed by atoms with Crippen LogP contribution in [0.2, 0.25) is 0 Å². The third kappa shape index (κ3) is 3.99. The first-order valence-electron chi connectivity index (χ1n) is 8.91. The monoisotopic (exact) mass is 370 g/mol. The zero-order chi connectivity index (χ0) is 19.4. The van der Waals surface area contributed by atoms with Crippen LogP contribution in [0, 0.1) is 0 Å². The van der Waals surface area contributed by atoms with Crippen LogP contribution in [-0.2, 0) is 11.3 Å². The third-order valence-corrected chi connectivity index (χ3v) is 4.34. The van der Waals surface area contributed by atoms with Crippen molar-refractivity contribution in [3.63, 3.8) is 0 Å². The van der Waals surface area contributed by atoms with Crippen LogP contribution in [0.25, 0.3) is 0 Å². The lowest BCUT2D eigenvalue weighted by Gasteiger charge is -2.19. The van der Waals surface area contributed by atoms with E-state index >= 15 is 0 Å². The maximum Gasteiger partial charge on any atom is 0.276 e. The van der Waals surface area contributed by atoms with Crippen molar-refractivity contribution < 1.29 is 14.3 Å². The van der Waals surface area contributed by atoms with Crippen LogP contribution in [-0.4, -0.2) is 35.2 Å². The van der Waals surface area contributed by atoms with Gasteiger partial charge in [-0.05, 0) is 31.0 Å². The summed E-state index contributed by atoms with van der Waals surface area (Å²) in [6.45, 7) is 3.04. The van der Waals surface area contributed by atoms with E-state index in [1.165, 1.54) is 23.9 Å². The van der Waals surface area contributed by atoms with Crippen molar-refractivity contribution in [2.45, 2.75) is 32.7 Å². The fourth-order valence-corrected chi connectivity index (χ4v) is 3.02. The Morgan fingerprint density at radius 1 is 1.26 bits per heavy atom. The van der Waals surface area contributed by atoms with E-state index in [4.69, 9.17) is 4.74 Å². The van der Waals surface area contributed by atoms with Crippen molar-refractivity contribution in [3.05, 3.63) is 46.4 Å². The minimum absolute atomic E-state index is 0.0625. The fraction of sp³-hybridized carbons (Fsp3) is 0.368. The first kappa shape index (κ1) is 18.6. The molecule has 3 rings (SSSR count). The number of carbonyl (C=O) groups excluding carboxylic acids is 2. The van der Waals surface area contributed by atoms with Gasteiger partial charge in [-0.25, -0.2) is 4.68 Å². The summed E-state index contributed by atoms with van der Waals surface area (Å²) in [5.74, 6) is 0.145. The molecule has 0 unspecified atom stereocenters. The number of hydrogen-bond acceptors (Lipinski definition) is 5. The number of nitrogens with zero attached hydrogens (tertiary/aromatic N) is 3. The summed E-state index contributed by atoms with van der Waals surface area (Å²) >= 11 is 0. The quantitative estimate of drug-likeness (QED) is 0.840. The molecule has 1 fully saturated rings. The molecule has 1 N–H and O–H groups in total. The van der Waals surface area contributed by atoms with E-state index < -0.39 is 5.91 Å². The van der Waals surface area contributed by atoms with Crippen LogP contribution in [0.4, 0.5) is 11.4 Å². The molecule has 1 aliphatic heterocycles. The highest BCUT2D eigenvalue weighted by Crippen LogP contribution is 2.33. The minimum Gasteiger partial charge on any atom is -0.494 e. The Kier molecular flexibility index (Phi) is 5.54. The van der Waals surface area contributed by atoms with E-state index in [2.05, 4.69) is 10.4 Å². The molecular weight excluding hydrogens is 348 g/mol. The number of aryl methyl sites for hydroxylation is 1. The van der Waals surface area contributed by atoms with E-state index in [9.17, 15) is 14.4 Å². The lowest BCUT2D eigenvalue weighted by Crippen LogP contribution is -2.26. The second kappa shape index (κ2) is 8.03. The number of hydrogen-bond donors (Lipinski definition) is 1. The van der Waals surface area contributed by atoms with Gasteiger partial charge < -0.3 is 15.0 Å². The highest BCUT2D eigenvalue weighted by atomic mass is 16.5. The molecule has 0 spiro atoms. The molecule has 1 aromatic carbocycles.